The molecule has 0 aromatic rings. The second-order valence-electron chi connectivity index (χ2n) is 9.72. The molecule has 0 heterocycles. The van der Waals surface area contributed by atoms with Crippen molar-refractivity contribution in [1.82, 2.24) is 10.6 Å². The molecule has 2 amide bonds. The molecule has 0 aromatic carbocycles. The number of nitrogens with one attached hydrogen (secondary N) is 2. The summed E-state index contributed by atoms with van der Waals surface area (Å²) in [5.74, 6) is 0.256. The molecule has 4 nitrogen and oxygen atoms in total. The van der Waals surface area contributed by atoms with Crippen molar-refractivity contribution in [2.24, 2.45) is 0 Å². The van der Waals surface area contributed by atoms with Crippen LogP contribution in [0.2, 0.25) is 0 Å². The molecule has 0 bridgehead atoms. The van der Waals surface area contributed by atoms with E-state index in [-0.39, 0.29) is 11.8 Å². The van der Waals surface area contributed by atoms with E-state index < -0.39 is 0 Å². The molecule has 0 aliphatic heterocycles. The zero-order chi connectivity index (χ0) is 25.0. The maximum atomic E-state index is 11.9. The topological polar surface area (TPSA) is 58.2 Å². The smallest absolute Gasteiger partial charge is 0.219 e. The van der Waals surface area contributed by atoms with Crippen LogP contribution >= 0.6 is 0 Å². The Bertz CT molecular complexity index is 446. The van der Waals surface area contributed by atoms with Gasteiger partial charge in [0.2, 0.25) is 11.8 Å². The fraction of sp³-hybridized carbons (Fsp3) is 0.800. The SMILES string of the molecule is C=CCCCCCCCCCCNC(=O)CCCCC(=O)NCCCCCCCCCCC=C. The quantitative estimate of drug-likeness (QED) is 0.0927. The highest BCUT2D eigenvalue weighted by Crippen LogP contribution is 2.10. The molecule has 0 spiro atoms. The molecular weight excluding hydrogens is 420 g/mol. The molecule has 0 atom stereocenters. The van der Waals surface area contributed by atoms with Gasteiger partial charge in [0.1, 0.15) is 0 Å². The lowest BCUT2D eigenvalue weighted by Gasteiger charge is -2.07. The number of amides is 2. The van der Waals surface area contributed by atoms with Gasteiger partial charge in [0.15, 0.2) is 0 Å². The fourth-order valence-electron chi connectivity index (χ4n) is 4.15. The molecule has 0 unspecified atom stereocenters. The van der Waals surface area contributed by atoms with E-state index in [0.717, 1.165) is 51.6 Å². The minimum atomic E-state index is 0.128. The Labute approximate surface area is 211 Å². The van der Waals surface area contributed by atoms with Gasteiger partial charge in [-0.05, 0) is 51.4 Å². The van der Waals surface area contributed by atoms with Gasteiger partial charge in [-0.25, -0.2) is 0 Å². The summed E-state index contributed by atoms with van der Waals surface area (Å²) in [7, 11) is 0. The van der Waals surface area contributed by atoms with E-state index in [9.17, 15) is 9.59 Å². The molecule has 34 heavy (non-hydrogen) atoms. The van der Waals surface area contributed by atoms with Crippen LogP contribution in [-0.4, -0.2) is 24.9 Å². The Kier molecular flexibility index (Phi) is 26.4. The summed E-state index contributed by atoms with van der Waals surface area (Å²) < 4.78 is 0. The average Bonchev–Trinajstić information content (AvgIpc) is 2.83. The zero-order valence-corrected chi connectivity index (χ0v) is 22.4. The zero-order valence-electron chi connectivity index (χ0n) is 22.4. The highest BCUT2D eigenvalue weighted by molar-refractivity contribution is 5.77. The molecule has 0 saturated carbocycles. The van der Waals surface area contributed by atoms with Crippen molar-refractivity contribution in [2.75, 3.05) is 13.1 Å². The molecule has 0 aliphatic carbocycles. The lowest BCUT2D eigenvalue weighted by atomic mass is 10.1. The van der Waals surface area contributed by atoms with Gasteiger partial charge < -0.3 is 10.6 Å². The van der Waals surface area contributed by atoms with Gasteiger partial charge >= 0.3 is 0 Å². The minimum Gasteiger partial charge on any atom is -0.356 e. The van der Waals surface area contributed by atoms with Crippen LogP contribution in [-0.2, 0) is 9.59 Å². The van der Waals surface area contributed by atoms with Crippen LogP contribution in [0.5, 0.6) is 0 Å². The lowest BCUT2D eigenvalue weighted by molar-refractivity contribution is -0.123. The predicted molar refractivity (Wildman–Crippen MR) is 148 cm³/mol. The second kappa shape index (κ2) is 27.7. The van der Waals surface area contributed by atoms with Gasteiger partial charge in [0, 0.05) is 25.9 Å². The van der Waals surface area contributed by atoms with Crippen LogP contribution < -0.4 is 10.6 Å². The minimum absolute atomic E-state index is 0.128. The molecule has 0 aliphatic rings. The van der Waals surface area contributed by atoms with E-state index in [2.05, 4.69) is 23.8 Å². The van der Waals surface area contributed by atoms with Crippen LogP contribution in [0, 0.1) is 0 Å². The Morgan fingerprint density at radius 3 is 1.06 bits per heavy atom. The fourth-order valence-corrected chi connectivity index (χ4v) is 4.15. The summed E-state index contributed by atoms with van der Waals surface area (Å²) in [6, 6.07) is 0. The van der Waals surface area contributed by atoms with Crippen molar-refractivity contribution < 1.29 is 9.59 Å². The number of carbonyl (C=O) groups excluding carboxylic acids is 2. The third kappa shape index (κ3) is 26.7. The van der Waals surface area contributed by atoms with E-state index in [1.165, 1.54) is 89.9 Å². The first kappa shape index (κ1) is 32.4. The first-order valence-electron chi connectivity index (χ1n) is 14.5. The number of unbranched alkanes of at least 4 members (excludes halogenated alkanes) is 17. The number of allylic oxidation sites excluding steroid dienone is 2. The first-order chi connectivity index (χ1) is 16.7. The Morgan fingerprint density at radius 2 is 0.735 bits per heavy atom. The van der Waals surface area contributed by atoms with Crippen molar-refractivity contribution in [2.45, 2.75) is 141 Å². The van der Waals surface area contributed by atoms with Crippen LogP contribution in [0.25, 0.3) is 0 Å². The monoisotopic (exact) mass is 476 g/mol. The summed E-state index contributed by atoms with van der Waals surface area (Å²) in [5, 5.41) is 6.04. The van der Waals surface area contributed by atoms with Crippen molar-refractivity contribution >= 4 is 11.8 Å². The Balaban J connectivity index is 3.29. The number of carbonyl (C=O) groups is 2. The molecule has 2 N–H and O–H groups in total. The van der Waals surface area contributed by atoms with Crippen molar-refractivity contribution in [3.05, 3.63) is 25.3 Å². The molecular formula is C30H56N2O2. The number of rotatable bonds is 27. The standard InChI is InChI=1S/C30H56N2O2/c1-3-5-7-9-11-13-15-17-19-23-27-31-29(33)25-21-22-26-30(34)32-28-24-20-18-16-14-12-10-8-6-4-2/h3-4H,1-2,5-28H2,(H,31,33)(H,32,34). The second-order valence-corrected chi connectivity index (χ2v) is 9.72. The summed E-state index contributed by atoms with van der Waals surface area (Å²) in [6.07, 6.45) is 29.1. The van der Waals surface area contributed by atoms with Crippen LogP contribution in [0.4, 0.5) is 0 Å². The largest absolute Gasteiger partial charge is 0.356 e. The van der Waals surface area contributed by atoms with Crippen molar-refractivity contribution in [3.8, 4) is 0 Å². The highest BCUT2D eigenvalue weighted by atomic mass is 16.2. The summed E-state index contributed by atoms with van der Waals surface area (Å²) in [4.78, 5) is 23.8. The predicted octanol–water partition coefficient (Wildman–Crippen LogP) is 8.17. The van der Waals surface area contributed by atoms with Crippen LogP contribution in [0.3, 0.4) is 0 Å². The van der Waals surface area contributed by atoms with E-state index in [1.54, 1.807) is 0 Å². The van der Waals surface area contributed by atoms with Crippen LogP contribution in [0.1, 0.15) is 141 Å². The third-order valence-electron chi connectivity index (χ3n) is 6.37. The van der Waals surface area contributed by atoms with Crippen molar-refractivity contribution in [3.63, 3.8) is 0 Å². The summed E-state index contributed by atoms with van der Waals surface area (Å²) in [6.45, 7) is 9.08. The van der Waals surface area contributed by atoms with E-state index in [0.29, 0.717) is 12.8 Å². The van der Waals surface area contributed by atoms with E-state index >= 15 is 0 Å². The van der Waals surface area contributed by atoms with E-state index in [4.69, 9.17) is 0 Å². The molecule has 0 radical (unpaired) electrons. The molecule has 0 aromatic heterocycles. The molecule has 0 rings (SSSR count). The Hall–Kier alpha value is -1.58. The van der Waals surface area contributed by atoms with Gasteiger partial charge in [-0.2, -0.15) is 0 Å². The maximum Gasteiger partial charge on any atom is 0.219 e. The van der Waals surface area contributed by atoms with Crippen molar-refractivity contribution in [1.29, 1.82) is 0 Å². The maximum absolute atomic E-state index is 11.9. The Morgan fingerprint density at radius 1 is 0.441 bits per heavy atom. The summed E-state index contributed by atoms with van der Waals surface area (Å²) in [5.41, 5.74) is 0. The highest BCUT2D eigenvalue weighted by Gasteiger charge is 2.04. The average molecular weight is 477 g/mol. The van der Waals surface area contributed by atoms with Gasteiger partial charge in [-0.15, -0.1) is 13.2 Å². The molecule has 0 saturated heterocycles. The van der Waals surface area contributed by atoms with Gasteiger partial charge in [-0.1, -0.05) is 89.2 Å². The van der Waals surface area contributed by atoms with Gasteiger partial charge in [0.05, 0.1) is 0 Å². The van der Waals surface area contributed by atoms with Gasteiger partial charge in [0.25, 0.3) is 0 Å². The number of hydrogen-bond acceptors (Lipinski definition) is 2. The number of hydrogen-bond donors (Lipinski definition) is 2. The molecule has 198 valence electrons. The third-order valence-corrected chi connectivity index (χ3v) is 6.37. The molecule has 0 fully saturated rings. The van der Waals surface area contributed by atoms with Gasteiger partial charge in [-0.3, -0.25) is 9.59 Å². The summed E-state index contributed by atoms with van der Waals surface area (Å²) >= 11 is 0. The van der Waals surface area contributed by atoms with E-state index in [1.807, 2.05) is 12.2 Å². The first-order valence-corrected chi connectivity index (χ1v) is 14.5. The molecule has 4 heteroatoms. The lowest BCUT2D eigenvalue weighted by Crippen LogP contribution is -2.25. The van der Waals surface area contributed by atoms with Crippen LogP contribution in [0.15, 0.2) is 25.3 Å². The normalized spacial score (nSPS) is 10.7.